The average molecular weight is 767 g/mol. The van der Waals surface area contributed by atoms with Crippen LogP contribution in [0.25, 0.3) is 105 Å². The van der Waals surface area contributed by atoms with Crippen LogP contribution in [-0.4, -0.2) is 19.5 Å². The van der Waals surface area contributed by atoms with Crippen molar-refractivity contribution in [3.8, 4) is 62.1 Å². The van der Waals surface area contributed by atoms with E-state index < -0.39 is 0 Å². The SMILES string of the molecule is CC1(C)c2ccccc2-c2ccc(-c3cccc4c5ccc6ccccc6c5n(-c5nc(-c6ccc(-c7ccccc7)cc6)nc(-c6ccc7ccccc7c6)n5)c34)cc21. The molecule has 0 bridgehead atoms. The number of para-hydroxylation sites is 1. The summed E-state index contributed by atoms with van der Waals surface area (Å²) in [5.74, 6) is 1.82. The van der Waals surface area contributed by atoms with Gasteiger partial charge in [0.15, 0.2) is 11.6 Å². The van der Waals surface area contributed by atoms with Crippen molar-refractivity contribution in [3.63, 3.8) is 0 Å². The molecule has 9 aromatic carbocycles. The summed E-state index contributed by atoms with van der Waals surface area (Å²) in [5, 5.41) is 6.92. The minimum atomic E-state index is -0.132. The maximum Gasteiger partial charge on any atom is 0.238 e. The molecule has 0 radical (unpaired) electrons. The smallest absolute Gasteiger partial charge is 0.238 e. The minimum absolute atomic E-state index is 0.132. The quantitative estimate of drug-likeness (QED) is 0.175. The normalized spacial score (nSPS) is 13.0. The van der Waals surface area contributed by atoms with Crippen LogP contribution in [0.5, 0.6) is 0 Å². The summed E-state index contributed by atoms with van der Waals surface area (Å²) in [6, 6.07) is 69.6. The molecule has 0 spiro atoms. The summed E-state index contributed by atoms with van der Waals surface area (Å²) in [5.41, 5.74) is 13.8. The van der Waals surface area contributed by atoms with Gasteiger partial charge in [-0.25, -0.2) is 4.98 Å². The third-order valence-corrected chi connectivity index (χ3v) is 12.6. The van der Waals surface area contributed by atoms with E-state index >= 15 is 0 Å². The van der Waals surface area contributed by atoms with E-state index in [2.05, 4.69) is 206 Å². The molecule has 2 aromatic heterocycles. The highest BCUT2D eigenvalue weighted by Gasteiger charge is 2.35. The van der Waals surface area contributed by atoms with Gasteiger partial charge in [0.25, 0.3) is 0 Å². The molecule has 282 valence electrons. The molecular formula is C56H38N4. The molecule has 0 aliphatic heterocycles. The molecular weight excluding hydrogens is 729 g/mol. The summed E-state index contributed by atoms with van der Waals surface area (Å²) < 4.78 is 2.31. The number of aromatic nitrogens is 4. The topological polar surface area (TPSA) is 43.6 Å². The van der Waals surface area contributed by atoms with Crippen molar-refractivity contribution in [2.75, 3.05) is 0 Å². The van der Waals surface area contributed by atoms with Crippen LogP contribution in [0.3, 0.4) is 0 Å². The summed E-state index contributed by atoms with van der Waals surface area (Å²) in [6.45, 7) is 4.69. The van der Waals surface area contributed by atoms with Crippen LogP contribution >= 0.6 is 0 Å². The molecule has 0 saturated carbocycles. The highest BCUT2D eigenvalue weighted by molar-refractivity contribution is 6.21. The predicted molar refractivity (Wildman–Crippen MR) is 248 cm³/mol. The summed E-state index contributed by atoms with van der Waals surface area (Å²) in [6.07, 6.45) is 0. The van der Waals surface area contributed by atoms with Crippen LogP contribution in [0.15, 0.2) is 194 Å². The van der Waals surface area contributed by atoms with Crippen LogP contribution < -0.4 is 0 Å². The van der Waals surface area contributed by atoms with E-state index in [1.54, 1.807) is 0 Å². The Labute approximate surface area is 348 Å². The van der Waals surface area contributed by atoms with Crippen molar-refractivity contribution in [1.29, 1.82) is 0 Å². The lowest BCUT2D eigenvalue weighted by molar-refractivity contribution is 0.660. The van der Waals surface area contributed by atoms with Crippen LogP contribution in [0.4, 0.5) is 0 Å². The molecule has 1 aliphatic carbocycles. The number of hydrogen-bond donors (Lipinski definition) is 0. The lowest BCUT2D eigenvalue weighted by atomic mass is 9.81. The zero-order valence-corrected chi connectivity index (χ0v) is 33.3. The fourth-order valence-corrected chi connectivity index (χ4v) is 9.63. The van der Waals surface area contributed by atoms with E-state index in [0.717, 1.165) is 65.8 Å². The lowest BCUT2D eigenvalue weighted by Gasteiger charge is -2.22. The van der Waals surface area contributed by atoms with Crippen molar-refractivity contribution in [3.05, 3.63) is 205 Å². The molecule has 1 aliphatic rings. The first-order valence-electron chi connectivity index (χ1n) is 20.6. The molecule has 2 heterocycles. The predicted octanol–water partition coefficient (Wildman–Crippen LogP) is 14.2. The van der Waals surface area contributed by atoms with Crippen LogP contribution in [0.2, 0.25) is 0 Å². The van der Waals surface area contributed by atoms with Gasteiger partial charge in [0.1, 0.15) is 0 Å². The number of benzene rings is 9. The van der Waals surface area contributed by atoms with E-state index in [1.165, 1.54) is 33.2 Å². The number of hydrogen-bond acceptors (Lipinski definition) is 3. The van der Waals surface area contributed by atoms with E-state index in [1.807, 2.05) is 6.07 Å². The van der Waals surface area contributed by atoms with E-state index in [-0.39, 0.29) is 5.41 Å². The molecule has 12 rings (SSSR count). The summed E-state index contributed by atoms with van der Waals surface area (Å²) >= 11 is 0. The molecule has 0 unspecified atom stereocenters. The fourth-order valence-electron chi connectivity index (χ4n) is 9.63. The van der Waals surface area contributed by atoms with Crippen LogP contribution in [-0.2, 0) is 5.41 Å². The second-order valence-electron chi connectivity index (χ2n) is 16.4. The monoisotopic (exact) mass is 766 g/mol. The molecule has 0 amide bonds. The summed E-state index contributed by atoms with van der Waals surface area (Å²) in [7, 11) is 0. The standard InChI is InChI=1S/C56H38N4/c1-56(2)49-22-11-10-19-45(49)46-31-30-41(34-50(46)56)44-20-12-21-47-48-32-29-38-16-8-9-18-43(38)51(48)60(52(44)47)55-58-53(39-26-23-37(24-27-39)35-13-4-3-5-14-35)57-54(59-55)42-28-25-36-15-6-7-17-40(36)33-42/h3-34H,1-2H3. The van der Waals surface area contributed by atoms with E-state index in [9.17, 15) is 0 Å². The van der Waals surface area contributed by atoms with Gasteiger partial charge in [-0.15, -0.1) is 0 Å². The number of nitrogens with zero attached hydrogens (tertiary/aromatic N) is 4. The van der Waals surface area contributed by atoms with Gasteiger partial charge in [-0.2, -0.15) is 9.97 Å². The molecule has 0 atom stereocenters. The van der Waals surface area contributed by atoms with Crippen molar-refractivity contribution in [1.82, 2.24) is 19.5 Å². The first-order valence-corrected chi connectivity index (χ1v) is 20.6. The Morgan fingerprint density at radius 3 is 1.78 bits per heavy atom. The average Bonchev–Trinajstić information content (AvgIpc) is 3.78. The van der Waals surface area contributed by atoms with Crippen molar-refractivity contribution in [2.45, 2.75) is 19.3 Å². The molecule has 11 aromatic rings. The molecule has 4 nitrogen and oxygen atoms in total. The highest BCUT2D eigenvalue weighted by atomic mass is 15.2. The molecule has 0 fully saturated rings. The van der Waals surface area contributed by atoms with Crippen molar-refractivity contribution < 1.29 is 0 Å². The van der Waals surface area contributed by atoms with Gasteiger partial charge in [-0.3, -0.25) is 4.57 Å². The Hall–Kier alpha value is -7.69. The lowest BCUT2D eigenvalue weighted by Crippen LogP contribution is -2.14. The Kier molecular flexibility index (Phi) is 7.54. The van der Waals surface area contributed by atoms with Gasteiger partial charge in [-0.1, -0.05) is 196 Å². The van der Waals surface area contributed by atoms with Gasteiger partial charge in [0, 0.05) is 38.3 Å². The first kappa shape index (κ1) is 34.4. The molecule has 60 heavy (non-hydrogen) atoms. The maximum atomic E-state index is 5.43. The van der Waals surface area contributed by atoms with Crippen LogP contribution in [0.1, 0.15) is 25.0 Å². The minimum Gasteiger partial charge on any atom is -0.277 e. The van der Waals surface area contributed by atoms with Crippen molar-refractivity contribution >= 4 is 43.4 Å². The second kappa shape index (κ2) is 13.2. The number of fused-ring (bicyclic) bond motifs is 9. The fraction of sp³-hybridized carbons (Fsp3) is 0.0536. The Morgan fingerprint density at radius 1 is 0.350 bits per heavy atom. The first-order chi connectivity index (χ1) is 29.5. The third kappa shape index (κ3) is 5.27. The van der Waals surface area contributed by atoms with Crippen LogP contribution in [0, 0.1) is 0 Å². The molecule has 0 N–H and O–H groups in total. The van der Waals surface area contributed by atoms with Gasteiger partial charge >= 0.3 is 0 Å². The molecule has 0 saturated heterocycles. The molecule has 4 heteroatoms. The largest absolute Gasteiger partial charge is 0.277 e. The Balaban J connectivity index is 1.15. The number of rotatable bonds is 5. The van der Waals surface area contributed by atoms with Gasteiger partial charge < -0.3 is 0 Å². The zero-order chi connectivity index (χ0) is 40.0. The van der Waals surface area contributed by atoms with Gasteiger partial charge in [0.05, 0.1) is 11.0 Å². The van der Waals surface area contributed by atoms with Crippen molar-refractivity contribution in [2.24, 2.45) is 0 Å². The highest BCUT2D eigenvalue weighted by Crippen LogP contribution is 2.50. The Bertz CT molecular complexity index is 3510. The zero-order valence-electron chi connectivity index (χ0n) is 33.3. The second-order valence-corrected chi connectivity index (χ2v) is 16.4. The van der Waals surface area contributed by atoms with Gasteiger partial charge in [0.2, 0.25) is 5.95 Å². The van der Waals surface area contributed by atoms with E-state index in [0.29, 0.717) is 17.6 Å². The summed E-state index contributed by atoms with van der Waals surface area (Å²) in [4.78, 5) is 16.1. The van der Waals surface area contributed by atoms with Gasteiger partial charge in [-0.05, 0) is 67.2 Å². The third-order valence-electron chi connectivity index (χ3n) is 12.6. The Morgan fingerprint density at radius 2 is 0.933 bits per heavy atom. The van der Waals surface area contributed by atoms with E-state index in [4.69, 9.17) is 15.0 Å². The maximum absolute atomic E-state index is 5.43.